The van der Waals surface area contributed by atoms with Gasteiger partial charge in [0.1, 0.15) is 11.6 Å². The third-order valence-electron chi connectivity index (χ3n) is 3.92. The minimum atomic E-state index is -4.57. The van der Waals surface area contributed by atoms with Crippen LogP contribution in [-0.2, 0) is 11.0 Å². The quantitative estimate of drug-likeness (QED) is 0.155. The fourth-order valence-corrected chi connectivity index (χ4v) is 2.50. The molecule has 4 nitrogen and oxygen atoms in total. The number of ketones is 1. The zero-order chi connectivity index (χ0) is 21.2. The SMILES string of the molecule is O=CC(=Cc1ccc(-n2ccc(C(F)(F)F)n2)cc1)C(=O)c1cc(F)ccc1F. The Hall–Kier alpha value is -3.62. The second-order valence-corrected chi connectivity index (χ2v) is 5.91. The van der Waals surface area contributed by atoms with Crippen molar-refractivity contribution >= 4 is 18.1 Å². The van der Waals surface area contributed by atoms with Crippen molar-refractivity contribution in [3.05, 3.63) is 88.8 Å². The first kappa shape index (κ1) is 20.1. The number of aldehydes is 1. The van der Waals surface area contributed by atoms with E-state index in [2.05, 4.69) is 5.10 Å². The van der Waals surface area contributed by atoms with Crippen LogP contribution in [0.3, 0.4) is 0 Å². The van der Waals surface area contributed by atoms with E-state index < -0.39 is 40.4 Å². The van der Waals surface area contributed by atoms with Crippen molar-refractivity contribution in [3.8, 4) is 5.69 Å². The summed E-state index contributed by atoms with van der Waals surface area (Å²) in [7, 11) is 0. The standard InChI is InChI=1S/C20H11F5N2O2/c21-14-3-6-17(22)16(10-14)19(29)13(11-28)9-12-1-4-15(5-2-12)27-8-7-18(26-27)20(23,24)25/h1-11H. The Morgan fingerprint density at radius 1 is 1.00 bits per heavy atom. The predicted molar refractivity (Wildman–Crippen MR) is 93.3 cm³/mol. The van der Waals surface area contributed by atoms with Gasteiger partial charge in [0, 0.05) is 6.20 Å². The number of halogens is 5. The van der Waals surface area contributed by atoms with Gasteiger partial charge in [-0.05, 0) is 48.0 Å². The van der Waals surface area contributed by atoms with Crippen LogP contribution in [0.25, 0.3) is 11.8 Å². The van der Waals surface area contributed by atoms with Crippen molar-refractivity contribution in [3.63, 3.8) is 0 Å². The molecule has 9 heteroatoms. The van der Waals surface area contributed by atoms with Crippen LogP contribution in [-0.4, -0.2) is 21.8 Å². The number of allylic oxidation sites excluding steroid dienone is 1. The number of alkyl halides is 3. The van der Waals surface area contributed by atoms with Gasteiger partial charge in [0.05, 0.1) is 16.8 Å². The summed E-state index contributed by atoms with van der Waals surface area (Å²) < 4.78 is 66.0. The fourth-order valence-electron chi connectivity index (χ4n) is 2.50. The number of aromatic nitrogens is 2. The molecule has 0 unspecified atom stereocenters. The highest BCUT2D eigenvalue weighted by Gasteiger charge is 2.33. The van der Waals surface area contributed by atoms with Crippen molar-refractivity contribution in [2.45, 2.75) is 6.18 Å². The molecule has 3 aromatic rings. The summed E-state index contributed by atoms with van der Waals surface area (Å²) in [5.74, 6) is -2.80. The Balaban J connectivity index is 1.87. The maximum Gasteiger partial charge on any atom is 0.435 e. The van der Waals surface area contributed by atoms with Crippen LogP contribution in [0.5, 0.6) is 0 Å². The van der Waals surface area contributed by atoms with Crippen molar-refractivity contribution in [1.82, 2.24) is 9.78 Å². The van der Waals surface area contributed by atoms with Crippen molar-refractivity contribution in [2.75, 3.05) is 0 Å². The summed E-state index contributed by atoms with van der Waals surface area (Å²) in [6.45, 7) is 0. The predicted octanol–water partition coefficient (Wildman–Crippen LogP) is 4.63. The summed E-state index contributed by atoms with van der Waals surface area (Å²) in [6, 6.07) is 8.85. The van der Waals surface area contributed by atoms with E-state index in [1.807, 2.05) is 0 Å². The second kappa shape index (κ2) is 7.78. The van der Waals surface area contributed by atoms with Gasteiger partial charge in [0.15, 0.2) is 17.8 Å². The molecule has 0 spiro atoms. The molecule has 0 amide bonds. The summed E-state index contributed by atoms with van der Waals surface area (Å²) in [4.78, 5) is 23.6. The maximum absolute atomic E-state index is 13.8. The van der Waals surface area contributed by atoms with Gasteiger partial charge in [0.25, 0.3) is 0 Å². The summed E-state index contributed by atoms with van der Waals surface area (Å²) >= 11 is 0. The number of hydrogen-bond acceptors (Lipinski definition) is 3. The molecule has 1 heterocycles. The van der Waals surface area contributed by atoms with E-state index in [-0.39, 0.29) is 6.29 Å². The van der Waals surface area contributed by atoms with Crippen molar-refractivity contribution < 1.29 is 31.5 Å². The zero-order valence-corrected chi connectivity index (χ0v) is 14.5. The molecular weight excluding hydrogens is 395 g/mol. The lowest BCUT2D eigenvalue weighted by molar-refractivity contribution is -0.141. The molecule has 0 fully saturated rings. The van der Waals surface area contributed by atoms with Gasteiger partial charge in [-0.2, -0.15) is 18.3 Å². The first-order chi connectivity index (χ1) is 13.7. The third kappa shape index (κ3) is 4.45. The summed E-state index contributed by atoms with van der Waals surface area (Å²) in [5.41, 5.74) is -1.39. The van der Waals surface area contributed by atoms with E-state index in [0.717, 1.165) is 35.2 Å². The molecular formula is C20H11F5N2O2. The number of hydrogen-bond donors (Lipinski definition) is 0. The molecule has 0 aliphatic carbocycles. The molecule has 0 atom stereocenters. The number of rotatable bonds is 5. The van der Waals surface area contributed by atoms with Gasteiger partial charge in [0.2, 0.25) is 0 Å². The summed E-state index contributed by atoms with van der Waals surface area (Å²) in [5, 5.41) is 3.43. The molecule has 2 aromatic carbocycles. The minimum absolute atomic E-state index is 0.212. The van der Waals surface area contributed by atoms with E-state index in [4.69, 9.17) is 0 Å². The zero-order valence-electron chi connectivity index (χ0n) is 14.5. The molecule has 0 aliphatic heterocycles. The smallest absolute Gasteiger partial charge is 0.298 e. The van der Waals surface area contributed by atoms with E-state index in [1.54, 1.807) is 0 Å². The van der Waals surface area contributed by atoms with Crippen LogP contribution < -0.4 is 0 Å². The Morgan fingerprint density at radius 2 is 1.69 bits per heavy atom. The highest BCUT2D eigenvalue weighted by molar-refractivity contribution is 6.23. The molecule has 0 aliphatic rings. The largest absolute Gasteiger partial charge is 0.435 e. The van der Waals surface area contributed by atoms with Crippen molar-refractivity contribution in [2.24, 2.45) is 0 Å². The lowest BCUT2D eigenvalue weighted by Crippen LogP contribution is -2.08. The topological polar surface area (TPSA) is 52.0 Å². The normalized spacial score (nSPS) is 12.1. The first-order valence-corrected chi connectivity index (χ1v) is 8.09. The first-order valence-electron chi connectivity index (χ1n) is 8.09. The van der Waals surface area contributed by atoms with Gasteiger partial charge >= 0.3 is 6.18 Å². The number of benzene rings is 2. The Bertz CT molecular complexity index is 1100. The van der Waals surface area contributed by atoms with Crippen LogP contribution in [0.1, 0.15) is 21.6 Å². The van der Waals surface area contributed by atoms with Gasteiger partial charge in [-0.15, -0.1) is 0 Å². The lowest BCUT2D eigenvalue weighted by atomic mass is 10.0. The Morgan fingerprint density at radius 3 is 2.28 bits per heavy atom. The van der Waals surface area contributed by atoms with Crippen LogP contribution in [0, 0.1) is 11.6 Å². The van der Waals surface area contributed by atoms with E-state index in [1.165, 1.54) is 24.3 Å². The van der Waals surface area contributed by atoms with Crippen LogP contribution in [0.2, 0.25) is 0 Å². The molecule has 148 valence electrons. The van der Waals surface area contributed by atoms with Gasteiger partial charge < -0.3 is 0 Å². The van der Waals surface area contributed by atoms with E-state index in [0.29, 0.717) is 17.3 Å². The lowest BCUT2D eigenvalue weighted by Gasteiger charge is -2.05. The molecule has 0 N–H and O–H groups in total. The van der Waals surface area contributed by atoms with Crippen LogP contribution in [0.4, 0.5) is 22.0 Å². The summed E-state index contributed by atoms with van der Waals surface area (Å²) in [6.07, 6.45) is -2.06. The number of carbonyl (C=O) groups excluding carboxylic acids is 2. The number of carbonyl (C=O) groups is 2. The fraction of sp³-hybridized carbons (Fsp3) is 0.0500. The minimum Gasteiger partial charge on any atom is -0.298 e. The molecule has 3 rings (SSSR count). The monoisotopic (exact) mass is 406 g/mol. The third-order valence-corrected chi connectivity index (χ3v) is 3.92. The van der Waals surface area contributed by atoms with Gasteiger partial charge in [-0.3, -0.25) is 9.59 Å². The van der Waals surface area contributed by atoms with Crippen molar-refractivity contribution in [1.29, 1.82) is 0 Å². The second-order valence-electron chi connectivity index (χ2n) is 5.91. The highest BCUT2D eigenvalue weighted by Crippen LogP contribution is 2.28. The van der Waals surface area contributed by atoms with Gasteiger partial charge in [-0.1, -0.05) is 12.1 Å². The van der Waals surface area contributed by atoms with E-state index in [9.17, 15) is 31.5 Å². The van der Waals surface area contributed by atoms with Crippen LogP contribution >= 0.6 is 0 Å². The molecule has 0 bridgehead atoms. The Labute approximate surface area is 160 Å². The average molecular weight is 406 g/mol. The van der Waals surface area contributed by atoms with E-state index >= 15 is 0 Å². The number of nitrogens with zero attached hydrogens (tertiary/aromatic N) is 2. The molecule has 1 aromatic heterocycles. The molecule has 29 heavy (non-hydrogen) atoms. The Kier molecular flexibility index (Phi) is 5.40. The van der Waals surface area contributed by atoms with Crippen LogP contribution in [0.15, 0.2) is 60.3 Å². The maximum atomic E-state index is 13.8. The molecule has 0 saturated carbocycles. The van der Waals surface area contributed by atoms with Gasteiger partial charge in [-0.25, -0.2) is 13.5 Å². The molecule has 0 saturated heterocycles. The number of Topliss-reactive ketones (excluding diaryl/α,β-unsaturated/α-hetero) is 1. The highest BCUT2D eigenvalue weighted by atomic mass is 19.4. The molecule has 0 radical (unpaired) electrons. The average Bonchev–Trinajstić information content (AvgIpc) is 3.19.